The molecule has 0 aliphatic carbocycles. The van der Waals surface area contributed by atoms with Gasteiger partial charge in [-0.3, -0.25) is 0 Å². The van der Waals surface area contributed by atoms with Gasteiger partial charge in [0, 0.05) is 35.6 Å². The van der Waals surface area contributed by atoms with E-state index in [1.807, 2.05) is 54.6 Å². The number of phenols is 1. The van der Waals surface area contributed by atoms with Crippen LogP contribution in [0.5, 0.6) is 5.75 Å². The highest BCUT2D eigenvalue weighted by molar-refractivity contribution is 7.99. The van der Waals surface area contributed by atoms with Gasteiger partial charge in [0.1, 0.15) is 5.75 Å². The highest BCUT2D eigenvalue weighted by atomic mass is 32.2. The number of nitrogens with zero attached hydrogens (tertiary/aromatic N) is 5. The summed E-state index contributed by atoms with van der Waals surface area (Å²) in [6.07, 6.45) is 0. The molecular weight excluding hydrogens is 386 g/mol. The number of hydrogen-bond donors (Lipinski definition) is 1. The second-order valence-corrected chi connectivity index (χ2v) is 7.68. The van der Waals surface area contributed by atoms with Gasteiger partial charge in [0.25, 0.3) is 0 Å². The molecule has 0 bridgehead atoms. The van der Waals surface area contributed by atoms with Crippen LogP contribution in [0.4, 0.5) is 5.69 Å². The Kier molecular flexibility index (Phi) is 4.79. The van der Waals surface area contributed by atoms with Gasteiger partial charge in [-0.2, -0.15) is 4.68 Å². The Hall–Kier alpha value is -3.10. The van der Waals surface area contributed by atoms with Gasteiger partial charge in [0.15, 0.2) is 0 Å². The van der Waals surface area contributed by atoms with Crippen molar-refractivity contribution in [2.75, 3.05) is 31.2 Å². The lowest BCUT2D eigenvalue weighted by atomic mass is 10.1. The molecule has 8 heteroatoms. The van der Waals surface area contributed by atoms with Crippen LogP contribution in [-0.2, 0) is 4.74 Å². The fourth-order valence-corrected chi connectivity index (χ4v) is 4.49. The smallest absolute Gasteiger partial charge is 0.219 e. The fraction of sp³-hybridized carbons (Fsp3) is 0.190. The number of morpholine rings is 1. The van der Waals surface area contributed by atoms with Crippen molar-refractivity contribution in [2.45, 2.75) is 10.1 Å². The molecule has 0 amide bonds. The Morgan fingerprint density at radius 3 is 2.45 bits per heavy atom. The minimum absolute atomic E-state index is 0.220. The quantitative estimate of drug-likeness (QED) is 0.557. The fourth-order valence-electron chi connectivity index (χ4n) is 3.55. The van der Waals surface area contributed by atoms with E-state index in [4.69, 9.17) is 4.74 Å². The molecule has 5 rings (SSSR count). The summed E-state index contributed by atoms with van der Waals surface area (Å²) in [7, 11) is 0. The first-order valence-electron chi connectivity index (χ1n) is 9.40. The van der Waals surface area contributed by atoms with Crippen molar-refractivity contribution in [2.24, 2.45) is 0 Å². The topological polar surface area (TPSA) is 76.3 Å². The van der Waals surface area contributed by atoms with Crippen LogP contribution in [0.25, 0.3) is 16.5 Å². The van der Waals surface area contributed by atoms with Crippen molar-refractivity contribution in [3.05, 3.63) is 60.7 Å². The Morgan fingerprint density at radius 1 is 0.931 bits per heavy atom. The van der Waals surface area contributed by atoms with Gasteiger partial charge < -0.3 is 14.7 Å². The monoisotopic (exact) mass is 405 g/mol. The third-order valence-electron chi connectivity index (χ3n) is 4.94. The predicted molar refractivity (Wildman–Crippen MR) is 112 cm³/mol. The van der Waals surface area contributed by atoms with Crippen molar-refractivity contribution >= 4 is 28.2 Å². The number of ether oxygens (including phenoxy) is 1. The molecule has 1 fully saturated rings. The second-order valence-electron chi connectivity index (χ2n) is 6.70. The summed E-state index contributed by atoms with van der Waals surface area (Å²) in [6.45, 7) is 3.00. The number of tetrazole rings is 1. The van der Waals surface area contributed by atoms with Crippen molar-refractivity contribution in [3.63, 3.8) is 0 Å². The molecule has 2 heterocycles. The van der Waals surface area contributed by atoms with Crippen molar-refractivity contribution < 1.29 is 9.84 Å². The summed E-state index contributed by atoms with van der Waals surface area (Å²) in [4.78, 5) is 3.00. The molecule has 1 aliphatic heterocycles. The second kappa shape index (κ2) is 7.73. The number of anilines is 1. The minimum Gasteiger partial charge on any atom is -0.507 e. The first-order valence-corrected chi connectivity index (χ1v) is 10.2. The first-order chi connectivity index (χ1) is 14.3. The molecule has 4 aromatic rings. The van der Waals surface area contributed by atoms with Crippen molar-refractivity contribution in [1.82, 2.24) is 20.2 Å². The Bertz CT molecular complexity index is 1140. The number of rotatable bonds is 4. The number of benzene rings is 3. The lowest BCUT2D eigenvalue weighted by Crippen LogP contribution is -2.36. The van der Waals surface area contributed by atoms with Crippen molar-refractivity contribution in [1.29, 1.82) is 0 Å². The molecule has 0 atom stereocenters. The lowest BCUT2D eigenvalue weighted by Gasteiger charge is -2.30. The van der Waals surface area contributed by atoms with Gasteiger partial charge in [-0.1, -0.05) is 42.5 Å². The maximum Gasteiger partial charge on any atom is 0.219 e. The van der Waals surface area contributed by atoms with Gasteiger partial charge in [-0.25, -0.2) is 0 Å². The SMILES string of the molecule is Oc1cc(N2CCOCC2)c2ccccc2c1Sc1nnnn1-c1ccccc1. The summed E-state index contributed by atoms with van der Waals surface area (Å²) in [5, 5.41) is 25.7. The number of hydrogen-bond acceptors (Lipinski definition) is 7. The Morgan fingerprint density at radius 2 is 1.66 bits per heavy atom. The van der Waals surface area contributed by atoms with Crippen molar-refractivity contribution in [3.8, 4) is 11.4 Å². The molecular formula is C21H19N5O2S. The summed E-state index contributed by atoms with van der Waals surface area (Å²) >= 11 is 1.36. The van der Waals surface area contributed by atoms with E-state index in [1.165, 1.54) is 11.8 Å². The minimum atomic E-state index is 0.220. The molecule has 1 N–H and O–H groups in total. The molecule has 7 nitrogen and oxygen atoms in total. The van der Waals surface area contributed by atoms with E-state index in [1.54, 1.807) is 4.68 Å². The van der Waals surface area contributed by atoms with E-state index < -0.39 is 0 Å². The lowest BCUT2D eigenvalue weighted by molar-refractivity contribution is 0.123. The molecule has 0 radical (unpaired) electrons. The number of phenolic OH excluding ortho intramolecular Hbond substituents is 1. The van der Waals surface area contributed by atoms with E-state index in [-0.39, 0.29) is 5.75 Å². The Labute approximate surface area is 171 Å². The van der Waals surface area contributed by atoms with Crippen LogP contribution < -0.4 is 4.90 Å². The molecule has 1 aromatic heterocycles. The van der Waals surface area contributed by atoms with Crippen LogP contribution >= 0.6 is 11.8 Å². The number of para-hydroxylation sites is 1. The summed E-state index contributed by atoms with van der Waals surface area (Å²) in [5.41, 5.74) is 1.89. The number of aromatic hydroxyl groups is 1. The van der Waals surface area contributed by atoms with Crippen LogP contribution in [0.1, 0.15) is 0 Å². The van der Waals surface area contributed by atoms with E-state index in [9.17, 15) is 5.11 Å². The van der Waals surface area contributed by atoms with Gasteiger partial charge >= 0.3 is 0 Å². The average Bonchev–Trinajstić information content (AvgIpc) is 3.25. The zero-order chi connectivity index (χ0) is 19.6. The highest BCUT2D eigenvalue weighted by Crippen LogP contribution is 2.43. The van der Waals surface area contributed by atoms with Gasteiger partial charge in [-0.05, 0) is 34.3 Å². The predicted octanol–water partition coefficient (Wildman–Crippen LogP) is 3.51. The van der Waals surface area contributed by atoms with Gasteiger partial charge in [-0.15, -0.1) is 5.10 Å². The molecule has 1 saturated heterocycles. The van der Waals surface area contributed by atoms with Crippen LogP contribution in [0.2, 0.25) is 0 Å². The third kappa shape index (κ3) is 3.41. The molecule has 1 aliphatic rings. The van der Waals surface area contributed by atoms with Crippen LogP contribution in [0, 0.1) is 0 Å². The highest BCUT2D eigenvalue weighted by Gasteiger charge is 2.20. The summed E-state index contributed by atoms with van der Waals surface area (Å²) in [6, 6.07) is 19.7. The van der Waals surface area contributed by atoms with Crippen LogP contribution in [-0.4, -0.2) is 51.6 Å². The summed E-state index contributed by atoms with van der Waals surface area (Å²) in [5.74, 6) is 0.220. The molecule has 0 saturated carbocycles. The Balaban J connectivity index is 1.59. The zero-order valence-electron chi connectivity index (χ0n) is 15.6. The molecule has 146 valence electrons. The van der Waals surface area contributed by atoms with Gasteiger partial charge in [0.2, 0.25) is 5.16 Å². The average molecular weight is 405 g/mol. The third-order valence-corrected chi connectivity index (χ3v) is 6.01. The summed E-state index contributed by atoms with van der Waals surface area (Å²) < 4.78 is 7.15. The van der Waals surface area contributed by atoms with E-state index >= 15 is 0 Å². The molecule has 29 heavy (non-hydrogen) atoms. The zero-order valence-corrected chi connectivity index (χ0v) is 16.4. The number of aromatic nitrogens is 4. The molecule has 3 aromatic carbocycles. The largest absolute Gasteiger partial charge is 0.507 e. The first kappa shape index (κ1) is 18.0. The molecule has 0 spiro atoms. The van der Waals surface area contributed by atoms with Crippen LogP contribution in [0.3, 0.4) is 0 Å². The van der Waals surface area contributed by atoms with E-state index in [0.29, 0.717) is 18.4 Å². The maximum atomic E-state index is 10.9. The van der Waals surface area contributed by atoms with E-state index in [2.05, 4.69) is 26.5 Å². The van der Waals surface area contributed by atoms with Crippen LogP contribution in [0.15, 0.2) is 70.7 Å². The van der Waals surface area contributed by atoms with E-state index in [0.717, 1.165) is 40.1 Å². The maximum absolute atomic E-state index is 10.9. The number of fused-ring (bicyclic) bond motifs is 1. The molecule has 0 unspecified atom stereocenters. The normalized spacial score (nSPS) is 14.4. The van der Waals surface area contributed by atoms with Gasteiger partial charge in [0.05, 0.1) is 23.8 Å². The standard InChI is InChI=1S/C21H19N5O2S/c27-19-14-18(25-10-12-28-13-11-25)16-8-4-5-9-17(16)20(19)29-21-22-23-24-26(21)15-6-2-1-3-7-15/h1-9,14,27H,10-13H2.